The number of fused-ring (bicyclic) bond motifs is 1. The number of rotatable bonds is 4. The number of ether oxygens (including phenoxy) is 1. The molecule has 2 heterocycles. The van der Waals surface area contributed by atoms with Crippen LogP contribution in [-0.4, -0.2) is 41.8 Å². The fourth-order valence-corrected chi connectivity index (χ4v) is 3.11. The van der Waals surface area contributed by atoms with Crippen LogP contribution < -0.4 is 5.73 Å². The van der Waals surface area contributed by atoms with E-state index in [2.05, 4.69) is 15.0 Å². The molecule has 0 radical (unpaired) electrons. The Morgan fingerprint density at radius 2 is 2.19 bits per heavy atom. The maximum absolute atomic E-state index is 11.0. The van der Waals surface area contributed by atoms with Gasteiger partial charge in [-0.15, -0.1) is 0 Å². The zero-order valence-electron chi connectivity index (χ0n) is 11.2. The Kier molecular flexibility index (Phi) is 3.66. The van der Waals surface area contributed by atoms with E-state index in [1.807, 2.05) is 4.57 Å². The van der Waals surface area contributed by atoms with Crippen LogP contribution in [0.5, 0.6) is 0 Å². The van der Waals surface area contributed by atoms with Crippen LogP contribution in [0, 0.1) is 0 Å². The van der Waals surface area contributed by atoms with E-state index in [9.17, 15) is 4.57 Å². The minimum Gasteiger partial charge on any atom is -0.382 e. The number of nitrogen functional groups attached to an aromatic ring is 1. The van der Waals surface area contributed by atoms with Crippen molar-refractivity contribution in [1.82, 2.24) is 19.5 Å². The molecule has 0 saturated heterocycles. The number of hydrogen-bond acceptors (Lipinski definition) is 6. The molecule has 2 aromatic rings. The maximum atomic E-state index is 11.0. The molecule has 2 aromatic heterocycles. The SMILES string of the molecule is Nc1ncnc2c1ncn2[C@H]1CCC[C@H]1OCP(=O)(O)O. The van der Waals surface area contributed by atoms with Crippen LogP contribution in [-0.2, 0) is 9.30 Å². The number of anilines is 1. The summed E-state index contributed by atoms with van der Waals surface area (Å²) in [4.78, 5) is 30.2. The zero-order valence-corrected chi connectivity index (χ0v) is 12.1. The Labute approximate surface area is 120 Å². The van der Waals surface area contributed by atoms with Crippen molar-refractivity contribution < 1.29 is 19.1 Å². The Morgan fingerprint density at radius 3 is 2.95 bits per heavy atom. The minimum atomic E-state index is -4.17. The van der Waals surface area contributed by atoms with Gasteiger partial charge in [-0.1, -0.05) is 0 Å². The number of hydrogen-bond donors (Lipinski definition) is 3. The van der Waals surface area contributed by atoms with Crippen LogP contribution in [0.1, 0.15) is 25.3 Å². The van der Waals surface area contributed by atoms with E-state index in [0.29, 0.717) is 17.0 Å². The summed E-state index contributed by atoms with van der Waals surface area (Å²) >= 11 is 0. The summed E-state index contributed by atoms with van der Waals surface area (Å²) in [6.07, 6.45) is 4.64. The molecular weight excluding hydrogens is 297 g/mol. The van der Waals surface area contributed by atoms with Gasteiger partial charge in [-0.2, -0.15) is 0 Å². The monoisotopic (exact) mass is 313 g/mol. The highest BCUT2D eigenvalue weighted by molar-refractivity contribution is 7.51. The summed E-state index contributed by atoms with van der Waals surface area (Å²) < 4.78 is 18.2. The lowest BCUT2D eigenvalue weighted by Gasteiger charge is -2.22. The van der Waals surface area contributed by atoms with E-state index >= 15 is 0 Å². The molecule has 114 valence electrons. The topological polar surface area (TPSA) is 136 Å². The maximum Gasteiger partial charge on any atom is 0.350 e. The first-order valence-electron chi connectivity index (χ1n) is 6.55. The molecule has 0 unspecified atom stereocenters. The second-order valence-corrected chi connectivity index (χ2v) is 6.67. The lowest BCUT2D eigenvalue weighted by molar-refractivity contribution is 0.0522. The van der Waals surface area contributed by atoms with E-state index in [1.54, 1.807) is 6.33 Å². The molecule has 21 heavy (non-hydrogen) atoms. The molecule has 0 aliphatic heterocycles. The first-order valence-corrected chi connectivity index (χ1v) is 8.34. The summed E-state index contributed by atoms with van der Waals surface area (Å²) in [6, 6.07) is -0.0594. The zero-order chi connectivity index (χ0) is 15.0. The van der Waals surface area contributed by atoms with Crippen LogP contribution in [0.2, 0.25) is 0 Å². The Hall–Kier alpha value is -1.54. The lowest BCUT2D eigenvalue weighted by atomic mass is 10.2. The van der Waals surface area contributed by atoms with Gasteiger partial charge in [0.15, 0.2) is 11.5 Å². The fourth-order valence-electron chi connectivity index (χ4n) is 2.72. The summed E-state index contributed by atoms with van der Waals surface area (Å²) in [5.41, 5.74) is 6.89. The molecule has 4 N–H and O–H groups in total. The second-order valence-electron chi connectivity index (χ2n) is 5.08. The summed E-state index contributed by atoms with van der Waals surface area (Å²) in [7, 11) is -4.17. The Morgan fingerprint density at radius 1 is 1.38 bits per heavy atom. The normalized spacial score (nSPS) is 23.0. The van der Waals surface area contributed by atoms with Gasteiger partial charge in [-0.25, -0.2) is 15.0 Å². The van der Waals surface area contributed by atoms with Crippen molar-refractivity contribution in [2.75, 3.05) is 12.1 Å². The lowest BCUT2D eigenvalue weighted by Crippen LogP contribution is -2.22. The summed E-state index contributed by atoms with van der Waals surface area (Å²) in [5.74, 6) is 0.310. The van der Waals surface area contributed by atoms with Crippen molar-refractivity contribution in [3.8, 4) is 0 Å². The van der Waals surface area contributed by atoms with E-state index in [0.717, 1.165) is 19.3 Å². The average Bonchev–Trinajstić information content (AvgIpc) is 3.01. The van der Waals surface area contributed by atoms with E-state index < -0.39 is 13.9 Å². The number of nitrogens with zero attached hydrogens (tertiary/aromatic N) is 4. The van der Waals surface area contributed by atoms with Gasteiger partial charge in [0.1, 0.15) is 18.2 Å². The smallest absolute Gasteiger partial charge is 0.350 e. The van der Waals surface area contributed by atoms with Crippen LogP contribution in [0.3, 0.4) is 0 Å². The van der Waals surface area contributed by atoms with Crippen LogP contribution in [0.4, 0.5) is 5.82 Å². The molecular formula is C11H16N5O4P. The van der Waals surface area contributed by atoms with E-state index in [1.165, 1.54) is 6.33 Å². The molecule has 0 aromatic carbocycles. The van der Waals surface area contributed by atoms with Crippen molar-refractivity contribution in [3.05, 3.63) is 12.7 Å². The van der Waals surface area contributed by atoms with Gasteiger partial charge in [-0.05, 0) is 19.3 Å². The fraction of sp³-hybridized carbons (Fsp3) is 0.545. The molecule has 0 amide bonds. The standard InChI is InChI=1S/C11H16N5O4P/c12-10-9-11(14-4-13-10)16(5-15-9)7-2-1-3-8(7)20-6-21(17,18)19/h4-5,7-8H,1-3,6H2,(H2,12,13,14)(H2,17,18,19)/t7-,8+/m0/s1. The molecule has 1 aliphatic carbocycles. The molecule has 3 rings (SSSR count). The van der Waals surface area contributed by atoms with E-state index in [4.69, 9.17) is 20.3 Å². The van der Waals surface area contributed by atoms with Gasteiger partial charge >= 0.3 is 7.60 Å². The third-order valence-electron chi connectivity index (χ3n) is 3.62. The Balaban J connectivity index is 1.87. The predicted octanol–water partition coefficient (Wildman–Crippen LogP) is 0.654. The molecule has 1 aliphatic rings. The number of imidazole rings is 1. The molecule has 10 heteroatoms. The van der Waals surface area contributed by atoms with Gasteiger partial charge in [0.05, 0.1) is 18.5 Å². The van der Waals surface area contributed by atoms with Crippen molar-refractivity contribution in [2.24, 2.45) is 0 Å². The number of nitrogens with two attached hydrogens (primary N) is 1. The summed E-state index contributed by atoms with van der Waals surface area (Å²) in [6.45, 7) is 0. The van der Waals surface area contributed by atoms with Gasteiger partial charge in [0.25, 0.3) is 0 Å². The van der Waals surface area contributed by atoms with Gasteiger partial charge in [-0.3, -0.25) is 4.57 Å². The highest BCUT2D eigenvalue weighted by Crippen LogP contribution is 2.39. The second kappa shape index (κ2) is 5.34. The highest BCUT2D eigenvalue weighted by Gasteiger charge is 2.32. The first kappa shape index (κ1) is 14.4. The van der Waals surface area contributed by atoms with E-state index in [-0.39, 0.29) is 12.1 Å². The summed E-state index contributed by atoms with van der Waals surface area (Å²) in [5, 5.41) is 0. The van der Waals surface area contributed by atoms with Gasteiger partial charge < -0.3 is 24.8 Å². The van der Waals surface area contributed by atoms with Crippen LogP contribution in [0.25, 0.3) is 11.2 Å². The number of aromatic nitrogens is 4. The molecule has 2 atom stereocenters. The van der Waals surface area contributed by atoms with Gasteiger partial charge in [0, 0.05) is 0 Å². The Bertz CT molecular complexity index is 699. The minimum absolute atomic E-state index is 0.0594. The van der Waals surface area contributed by atoms with Crippen molar-refractivity contribution >= 4 is 24.6 Å². The third kappa shape index (κ3) is 2.91. The highest BCUT2D eigenvalue weighted by atomic mass is 31.2. The van der Waals surface area contributed by atoms with Crippen molar-refractivity contribution in [1.29, 1.82) is 0 Å². The molecule has 9 nitrogen and oxygen atoms in total. The van der Waals surface area contributed by atoms with Gasteiger partial charge in [0.2, 0.25) is 0 Å². The first-order chi connectivity index (χ1) is 9.96. The average molecular weight is 313 g/mol. The van der Waals surface area contributed by atoms with Crippen LogP contribution in [0.15, 0.2) is 12.7 Å². The molecule has 1 saturated carbocycles. The quantitative estimate of drug-likeness (QED) is 0.700. The van der Waals surface area contributed by atoms with Crippen molar-refractivity contribution in [3.63, 3.8) is 0 Å². The largest absolute Gasteiger partial charge is 0.382 e. The van der Waals surface area contributed by atoms with Crippen LogP contribution >= 0.6 is 7.60 Å². The predicted molar refractivity (Wildman–Crippen MR) is 74.4 cm³/mol. The molecule has 0 bridgehead atoms. The molecule has 0 spiro atoms. The molecule has 1 fully saturated rings. The third-order valence-corrected chi connectivity index (χ3v) is 4.10. The van der Waals surface area contributed by atoms with Crippen molar-refractivity contribution in [2.45, 2.75) is 31.4 Å².